The molecule has 46 heavy (non-hydrogen) atoms. The molecule has 0 spiro atoms. The van der Waals surface area contributed by atoms with E-state index in [0.717, 1.165) is 39.9 Å². The molecule has 0 aliphatic rings. The summed E-state index contributed by atoms with van der Waals surface area (Å²) in [5, 5.41) is 7.53. The third kappa shape index (κ3) is 7.55. The molecule has 13 nitrogen and oxygen atoms in total. The van der Waals surface area contributed by atoms with Gasteiger partial charge < -0.3 is 20.4 Å². The highest BCUT2D eigenvalue weighted by Crippen LogP contribution is 2.35. The van der Waals surface area contributed by atoms with Crippen molar-refractivity contribution in [1.82, 2.24) is 30.7 Å². The lowest BCUT2D eigenvalue weighted by Crippen LogP contribution is -2.23. The van der Waals surface area contributed by atoms with Crippen molar-refractivity contribution in [3.05, 3.63) is 73.2 Å². The molecular weight excluding hydrogens is 631 g/mol. The number of benzene rings is 1. The summed E-state index contributed by atoms with van der Waals surface area (Å²) in [5.74, 6) is -0.244. The molecule has 2 amide bonds. The number of hydroxylamine groups is 1. The monoisotopic (exact) mass is 665 g/mol. The number of hydrogen-bond acceptors (Lipinski definition) is 12. The van der Waals surface area contributed by atoms with Crippen LogP contribution in [0.2, 0.25) is 0 Å². The Morgan fingerprint density at radius 1 is 0.935 bits per heavy atom. The van der Waals surface area contributed by atoms with Gasteiger partial charge in [-0.05, 0) is 62.9 Å². The zero-order valence-corrected chi connectivity index (χ0v) is 28.0. The van der Waals surface area contributed by atoms with Crippen molar-refractivity contribution < 1.29 is 24.0 Å². The molecule has 0 saturated heterocycles. The number of esters is 1. The summed E-state index contributed by atoms with van der Waals surface area (Å²) >= 11 is 2.53. The number of carbonyl (C=O) groups excluding carboxylic acids is 3. The van der Waals surface area contributed by atoms with Gasteiger partial charge in [-0.15, -0.1) is 22.7 Å². The van der Waals surface area contributed by atoms with Gasteiger partial charge >= 0.3 is 5.97 Å². The van der Waals surface area contributed by atoms with Crippen molar-refractivity contribution in [3.8, 4) is 0 Å². The molecule has 0 aliphatic heterocycles. The maximum Gasteiger partial charge on any atom is 0.348 e. The van der Waals surface area contributed by atoms with Gasteiger partial charge in [0.05, 0.1) is 35.7 Å². The molecule has 0 fully saturated rings. The largest absolute Gasteiger partial charge is 0.462 e. The number of ether oxygens (including phenoxy) is 1. The smallest absolute Gasteiger partial charge is 0.348 e. The minimum absolute atomic E-state index is 0.0932. The van der Waals surface area contributed by atoms with E-state index < -0.39 is 5.97 Å². The second kappa shape index (κ2) is 15.5. The Hall–Kier alpha value is -4.73. The van der Waals surface area contributed by atoms with Gasteiger partial charge in [-0.25, -0.2) is 25.2 Å². The first-order valence-electron chi connectivity index (χ1n) is 14.5. The summed E-state index contributed by atoms with van der Waals surface area (Å²) in [6.07, 6.45) is 4.76. The van der Waals surface area contributed by atoms with Crippen molar-refractivity contribution in [3.63, 3.8) is 0 Å². The average Bonchev–Trinajstić information content (AvgIpc) is 3.56. The molecule has 15 heteroatoms. The zero-order chi connectivity index (χ0) is 33.4. The second-order valence-corrected chi connectivity index (χ2v) is 12.0. The molecule has 4 N–H and O–H groups in total. The number of thiophene rings is 2. The van der Waals surface area contributed by atoms with Crippen LogP contribution in [0.25, 0.3) is 20.4 Å². The molecule has 0 bridgehead atoms. The van der Waals surface area contributed by atoms with Crippen LogP contribution in [-0.4, -0.2) is 58.0 Å². The predicted molar refractivity (Wildman–Crippen MR) is 179 cm³/mol. The van der Waals surface area contributed by atoms with E-state index in [4.69, 9.17) is 9.57 Å². The highest BCUT2D eigenvalue weighted by atomic mass is 32.1. The number of aromatic amines is 1. The van der Waals surface area contributed by atoms with Gasteiger partial charge in [0.2, 0.25) is 0 Å². The fourth-order valence-corrected chi connectivity index (χ4v) is 6.60. The van der Waals surface area contributed by atoms with Crippen LogP contribution in [0.3, 0.4) is 0 Å². The van der Waals surface area contributed by atoms with Gasteiger partial charge in [-0.3, -0.25) is 19.2 Å². The molecule has 5 aromatic rings. The lowest BCUT2D eigenvalue weighted by atomic mass is 10.1. The third-order valence-electron chi connectivity index (χ3n) is 6.89. The summed E-state index contributed by atoms with van der Waals surface area (Å²) in [6, 6.07) is 5.30. The topological polar surface area (TPSA) is 177 Å². The summed E-state index contributed by atoms with van der Waals surface area (Å²) in [7, 11) is 1.39. The van der Waals surface area contributed by atoms with Crippen molar-refractivity contribution in [2.45, 2.75) is 47.5 Å². The van der Waals surface area contributed by atoms with Crippen LogP contribution in [0.1, 0.15) is 73.1 Å². The number of H-pyrrole nitrogens is 1. The number of hydrogen-bond donors (Lipinski definition) is 4. The highest BCUT2D eigenvalue weighted by Gasteiger charge is 2.21. The molecule has 0 unspecified atom stereocenters. The lowest BCUT2D eigenvalue weighted by Gasteiger charge is -2.12. The van der Waals surface area contributed by atoms with Crippen LogP contribution in [0.15, 0.2) is 35.6 Å². The Morgan fingerprint density at radius 3 is 2.35 bits per heavy atom. The fraction of sp³-hybridized carbons (Fsp3) is 0.323. The van der Waals surface area contributed by atoms with Crippen molar-refractivity contribution in [2.24, 2.45) is 0 Å². The second-order valence-electron chi connectivity index (χ2n) is 10.0. The van der Waals surface area contributed by atoms with Crippen LogP contribution in [0.5, 0.6) is 0 Å². The normalized spacial score (nSPS) is 10.7. The fourth-order valence-electron chi connectivity index (χ4n) is 4.49. The Balaban J connectivity index is 0.000000252. The van der Waals surface area contributed by atoms with Crippen LogP contribution >= 0.6 is 22.7 Å². The van der Waals surface area contributed by atoms with E-state index in [1.165, 1.54) is 42.4 Å². The molecule has 0 atom stereocenters. The van der Waals surface area contributed by atoms with Gasteiger partial charge in [-0.2, -0.15) is 0 Å². The number of aromatic nitrogens is 4. The van der Waals surface area contributed by atoms with Gasteiger partial charge in [0.1, 0.15) is 26.7 Å². The molecule has 242 valence electrons. The van der Waals surface area contributed by atoms with Crippen molar-refractivity contribution in [2.75, 3.05) is 25.6 Å². The van der Waals surface area contributed by atoms with Crippen molar-refractivity contribution in [1.29, 1.82) is 0 Å². The first-order chi connectivity index (χ1) is 22.1. The number of rotatable bonds is 10. The number of nitrogens with zero attached hydrogens (tertiary/aromatic N) is 3. The van der Waals surface area contributed by atoms with Gasteiger partial charge in [0, 0.05) is 17.8 Å². The molecule has 1 aromatic carbocycles. The molecule has 5 rings (SSSR count). The number of unbranched alkanes of at least 4 members (excludes halogenated alkanes) is 1. The minimum Gasteiger partial charge on any atom is -0.462 e. The summed E-state index contributed by atoms with van der Waals surface area (Å²) in [4.78, 5) is 70.1. The first-order valence-corrected chi connectivity index (χ1v) is 16.1. The molecular formula is C31H35N7O6S2. The molecule has 0 saturated carbocycles. The van der Waals surface area contributed by atoms with E-state index in [9.17, 15) is 19.2 Å². The standard InChI is InChI=1S/C21H25N5O3S.C10H10N2O3S/c1-5-6-9-22-20(28)17-13(3)16-18(23-11-24-21(16)30-17)25-15-10-14(8-7-12(15)2)19(27)26-29-4;1-3-15-10(14)7-5(2)6-8(13)11-4-12-9(6)16-7/h7-8,10-11H,5-6,9H2,1-4H3,(H,22,28)(H,26,27)(H,23,24,25);4H,3H2,1-2H3,(H,11,12,13). The zero-order valence-electron chi connectivity index (χ0n) is 26.3. The summed E-state index contributed by atoms with van der Waals surface area (Å²) in [5.41, 5.74) is 5.68. The number of fused-ring (bicyclic) bond motifs is 2. The lowest BCUT2D eigenvalue weighted by molar-refractivity contribution is 0.0527. The van der Waals surface area contributed by atoms with Gasteiger partial charge in [0.25, 0.3) is 17.4 Å². The maximum atomic E-state index is 12.6. The summed E-state index contributed by atoms with van der Waals surface area (Å²) in [6.45, 7) is 10.3. The van der Waals surface area contributed by atoms with Gasteiger partial charge in [-0.1, -0.05) is 19.4 Å². The average molecular weight is 666 g/mol. The number of aryl methyl sites for hydroxylation is 3. The Bertz CT molecular complexity index is 1950. The molecule has 0 radical (unpaired) electrons. The van der Waals surface area contributed by atoms with E-state index in [1.807, 2.05) is 19.9 Å². The number of amides is 2. The number of anilines is 2. The van der Waals surface area contributed by atoms with E-state index in [2.05, 4.69) is 43.0 Å². The van der Waals surface area contributed by atoms with E-state index in [1.54, 1.807) is 26.0 Å². The highest BCUT2D eigenvalue weighted by molar-refractivity contribution is 7.21. The molecule has 0 aliphatic carbocycles. The van der Waals surface area contributed by atoms with Gasteiger partial charge in [0.15, 0.2) is 0 Å². The SMILES string of the molecule is CCCCNC(=O)c1sc2ncnc(Nc3cc(C(=O)NOC)ccc3C)c2c1C.CCOC(=O)c1sc2nc[nH]c(=O)c2c1C. The van der Waals surface area contributed by atoms with E-state index in [0.29, 0.717) is 50.1 Å². The quantitative estimate of drug-likeness (QED) is 0.0865. The summed E-state index contributed by atoms with van der Waals surface area (Å²) < 4.78 is 4.91. The Labute approximate surface area is 272 Å². The maximum absolute atomic E-state index is 12.6. The minimum atomic E-state index is -0.401. The third-order valence-corrected chi connectivity index (χ3v) is 9.27. The van der Waals surface area contributed by atoms with E-state index in [-0.39, 0.29) is 17.4 Å². The van der Waals surface area contributed by atoms with Crippen LogP contribution in [-0.2, 0) is 9.57 Å². The Kier molecular flexibility index (Phi) is 11.5. The predicted octanol–water partition coefficient (Wildman–Crippen LogP) is 5.34. The first kappa shape index (κ1) is 34.1. The van der Waals surface area contributed by atoms with Crippen LogP contribution in [0, 0.1) is 20.8 Å². The number of carbonyl (C=O) groups is 3. The van der Waals surface area contributed by atoms with Crippen molar-refractivity contribution >= 4 is 72.4 Å². The Morgan fingerprint density at radius 2 is 1.65 bits per heavy atom. The van der Waals surface area contributed by atoms with Crippen LogP contribution in [0.4, 0.5) is 11.5 Å². The number of nitrogens with one attached hydrogen (secondary N) is 4. The molecule has 4 aromatic heterocycles. The van der Waals surface area contributed by atoms with E-state index >= 15 is 0 Å². The molecule has 4 heterocycles. The van der Waals surface area contributed by atoms with Crippen LogP contribution < -0.4 is 21.7 Å².